The molecule has 0 aromatic heterocycles. The molecule has 1 aromatic carbocycles. The highest BCUT2D eigenvalue weighted by molar-refractivity contribution is 6.35. The smallest absolute Gasteiger partial charge is 0.326 e. The van der Waals surface area contributed by atoms with Crippen molar-refractivity contribution in [1.82, 2.24) is 5.32 Å². The van der Waals surface area contributed by atoms with Crippen LogP contribution >= 0.6 is 23.2 Å². The second kappa shape index (κ2) is 7.17. The van der Waals surface area contributed by atoms with Gasteiger partial charge in [0, 0.05) is 34.1 Å². The van der Waals surface area contributed by atoms with Crippen molar-refractivity contribution in [2.75, 3.05) is 11.9 Å². The number of nitrogens with one attached hydrogen (secondary N) is 2. The monoisotopic (exact) mass is 345 g/mol. The zero-order chi connectivity index (χ0) is 16.3. The number of carbonyl (C=O) groups excluding carboxylic acids is 1. The Kier molecular flexibility index (Phi) is 5.50. The molecule has 0 saturated carbocycles. The molecule has 22 heavy (non-hydrogen) atoms. The Morgan fingerprint density at radius 3 is 2.77 bits per heavy atom. The van der Waals surface area contributed by atoms with E-state index in [4.69, 9.17) is 28.9 Å². The van der Waals surface area contributed by atoms with Gasteiger partial charge in [0.25, 0.3) is 0 Å². The lowest BCUT2D eigenvalue weighted by molar-refractivity contribution is -0.138. The Labute approximate surface area is 138 Å². The summed E-state index contributed by atoms with van der Waals surface area (Å²) in [5, 5.41) is 15.7. The molecule has 0 radical (unpaired) electrons. The maximum atomic E-state index is 11.9. The molecule has 2 rings (SSSR count). The van der Waals surface area contributed by atoms with E-state index in [-0.39, 0.29) is 12.3 Å². The number of rotatable bonds is 5. The van der Waals surface area contributed by atoms with Gasteiger partial charge in [-0.2, -0.15) is 0 Å². The number of amides is 1. The van der Waals surface area contributed by atoms with Gasteiger partial charge >= 0.3 is 5.97 Å². The Bertz CT molecular complexity index is 595. The second-order valence-corrected chi connectivity index (χ2v) is 5.98. The third kappa shape index (κ3) is 3.82. The molecule has 1 amide bonds. The van der Waals surface area contributed by atoms with Gasteiger partial charge in [0.2, 0.25) is 5.91 Å². The third-order valence-electron chi connectivity index (χ3n) is 3.49. The van der Waals surface area contributed by atoms with Gasteiger partial charge in [-0.25, -0.2) is 4.79 Å². The fraction of sp³-hybridized carbons (Fsp3) is 0.429. The molecule has 1 aromatic rings. The van der Waals surface area contributed by atoms with Crippen molar-refractivity contribution in [2.45, 2.75) is 31.3 Å². The van der Waals surface area contributed by atoms with Crippen LogP contribution in [0.5, 0.6) is 0 Å². The average Bonchev–Trinajstić information content (AvgIpc) is 2.43. The minimum atomic E-state index is -0.997. The Morgan fingerprint density at radius 1 is 1.41 bits per heavy atom. The normalized spacial score (nSPS) is 20.0. The predicted octanol–water partition coefficient (Wildman–Crippen LogP) is 2.16. The van der Waals surface area contributed by atoms with Gasteiger partial charge in [0.15, 0.2) is 0 Å². The molecule has 5 N–H and O–H groups in total. The first-order chi connectivity index (χ1) is 10.4. The van der Waals surface area contributed by atoms with Crippen molar-refractivity contribution < 1.29 is 14.7 Å². The quantitative estimate of drug-likeness (QED) is 0.654. The zero-order valence-electron chi connectivity index (χ0n) is 11.7. The lowest BCUT2D eigenvalue weighted by Crippen LogP contribution is -2.41. The van der Waals surface area contributed by atoms with E-state index in [1.54, 1.807) is 12.1 Å². The van der Waals surface area contributed by atoms with E-state index in [9.17, 15) is 14.7 Å². The molecule has 1 aliphatic heterocycles. The Balaban J connectivity index is 2.29. The van der Waals surface area contributed by atoms with E-state index in [0.717, 1.165) is 0 Å². The summed E-state index contributed by atoms with van der Waals surface area (Å²) in [6.45, 7) is 0.421. The molecule has 0 aliphatic carbocycles. The standard InChI is InChI=1S/C14H17Cl2N3O3/c15-7-4-8(16)13-9(5-7)18-11(14(21)22)6-10(13)19-12(20)2-1-3-17/h4-5,10-11,18H,1-3,6,17H2,(H,19,20)(H,21,22). The van der Waals surface area contributed by atoms with Crippen LogP contribution in [-0.4, -0.2) is 29.6 Å². The molecular formula is C14H17Cl2N3O3. The van der Waals surface area contributed by atoms with E-state index in [0.29, 0.717) is 40.7 Å². The maximum Gasteiger partial charge on any atom is 0.326 e. The number of hydrogen-bond donors (Lipinski definition) is 4. The van der Waals surface area contributed by atoms with E-state index >= 15 is 0 Å². The lowest BCUT2D eigenvalue weighted by Gasteiger charge is -2.32. The molecular weight excluding hydrogens is 329 g/mol. The number of halogens is 2. The average molecular weight is 346 g/mol. The Morgan fingerprint density at radius 2 is 2.14 bits per heavy atom. The number of benzene rings is 1. The van der Waals surface area contributed by atoms with E-state index in [1.807, 2.05) is 0 Å². The summed E-state index contributed by atoms with van der Waals surface area (Å²) in [6, 6.07) is 1.88. The van der Waals surface area contributed by atoms with Crippen LogP contribution in [0.4, 0.5) is 5.69 Å². The minimum absolute atomic E-state index is 0.182. The zero-order valence-corrected chi connectivity index (χ0v) is 13.2. The van der Waals surface area contributed by atoms with Gasteiger partial charge in [-0.15, -0.1) is 0 Å². The fourth-order valence-electron chi connectivity index (χ4n) is 2.48. The molecule has 8 heteroatoms. The van der Waals surface area contributed by atoms with E-state index in [2.05, 4.69) is 10.6 Å². The molecule has 0 fully saturated rings. The van der Waals surface area contributed by atoms with Crippen molar-refractivity contribution in [3.05, 3.63) is 27.7 Å². The topological polar surface area (TPSA) is 104 Å². The van der Waals surface area contributed by atoms with Crippen molar-refractivity contribution in [3.8, 4) is 0 Å². The van der Waals surface area contributed by atoms with Gasteiger partial charge in [-0.05, 0) is 25.1 Å². The number of nitrogens with two attached hydrogens (primary N) is 1. The molecule has 120 valence electrons. The molecule has 0 spiro atoms. The lowest BCUT2D eigenvalue weighted by atomic mass is 9.92. The molecule has 0 bridgehead atoms. The van der Waals surface area contributed by atoms with Crippen LogP contribution < -0.4 is 16.4 Å². The SMILES string of the molecule is NCCCC(=O)NC1CC(C(=O)O)Nc2cc(Cl)cc(Cl)c21. The van der Waals surface area contributed by atoms with Crippen LogP contribution in [0, 0.1) is 0 Å². The van der Waals surface area contributed by atoms with Crippen LogP contribution in [0.1, 0.15) is 30.9 Å². The van der Waals surface area contributed by atoms with Crippen LogP contribution in [0.15, 0.2) is 12.1 Å². The molecule has 6 nitrogen and oxygen atoms in total. The number of fused-ring (bicyclic) bond motifs is 1. The fourth-order valence-corrected chi connectivity index (χ4v) is 3.11. The molecule has 2 unspecified atom stereocenters. The van der Waals surface area contributed by atoms with Crippen LogP contribution in [-0.2, 0) is 9.59 Å². The summed E-state index contributed by atoms with van der Waals surface area (Å²) < 4.78 is 0. The highest BCUT2D eigenvalue weighted by Crippen LogP contribution is 2.39. The van der Waals surface area contributed by atoms with Crippen molar-refractivity contribution in [2.24, 2.45) is 5.73 Å². The van der Waals surface area contributed by atoms with Gasteiger partial charge in [0.05, 0.1) is 6.04 Å². The van der Waals surface area contributed by atoms with Crippen molar-refractivity contribution >= 4 is 40.8 Å². The third-order valence-corrected chi connectivity index (χ3v) is 4.02. The number of aliphatic carboxylic acids is 1. The second-order valence-electron chi connectivity index (χ2n) is 5.13. The first kappa shape index (κ1) is 16.9. The molecule has 0 saturated heterocycles. The summed E-state index contributed by atoms with van der Waals surface area (Å²) in [4.78, 5) is 23.2. The van der Waals surface area contributed by atoms with E-state index in [1.165, 1.54) is 0 Å². The summed E-state index contributed by atoms with van der Waals surface area (Å²) in [5.41, 5.74) is 6.57. The maximum absolute atomic E-state index is 11.9. The largest absolute Gasteiger partial charge is 0.480 e. The molecule has 1 heterocycles. The minimum Gasteiger partial charge on any atom is -0.480 e. The van der Waals surface area contributed by atoms with Crippen LogP contribution in [0.2, 0.25) is 10.0 Å². The predicted molar refractivity (Wildman–Crippen MR) is 85.3 cm³/mol. The van der Waals surface area contributed by atoms with Crippen LogP contribution in [0.25, 0.3) is 0 Å². The summed E-state index contributed by atoms with van der Waals surface area (Å²) in [6.07, 6.45) is 1.07. The molecule has 1 aliphatic rings. The van der Waals surface area contributed by atoms with Crippen molar-refractivity contribution in [3.63, 3.8) is 0 Å². The first-order valence-corrected chi connectivity index (χ1v) is 7.65. The number of hydrogen-bond acceptors (Lipinski definition) is 4. The van der Waals surface area contributed by atoms with Gasteiger partial charge in [-0.1, -0.05) is 23.2 Å². The number of carbonyl (C=O) groups is 2. The van der Waals surface area contributed by atoms with Gasteiger partial charge < -0.3 is 21.5 Å². The Hall–Kier alpha value is -1.50. The number of anilines is 1. The number of carboxylic acids is 1. The summed E-state index contributed by atoms with van der Waals surface area (Å²) in [5.74, 6) is -1.18. The highest BCUT2D eigenvalue weighted by atomic mass is 35.5. The summed E-state index contributed by atoms with van der Waals surface area (Å²) >= 11 is 12.2. The molecule has 2 atom stereocenters. The van der Waals surface area contributed by atoms with Crippen LogP contribution in [0.3, 0.4) is 0 Å². The van der Waals surface area contributed by atoms with E-state index < -0.39 is 18.1 Å². The van der Waals surface area contributed by atoms with Crippen molar-refractivity contribution in [1.29, 1.82) is 0 Å². The van der Waals surface area contributed by atoms with Gasteiger partial charge in [0.1, 0.15) is 6.04 Å². The first-order valence-electron chi connectivity index (χ1n) is 6.90. The highest BCUT2D eigenvalue weighted by Gasteiger charge is 2.33. The number of carboxylic acid groups (broad SMARTS) is 1. The van der Waals surface area contributed by atoms with Gasteiger partial charge in [-0.3, -0.25) is 4.79 Å². The summed E-state index contributed by atoms with van der Waals surface area (Å²) in [7, 11) is 0.